The van der Waals surface area contributed by atoms with E-state index >= 15 is 0 Å². The van der Waals surface area contributed by atoms with Crippen LogP contribution in [-0.4, -0.2) is 15.7 Å². The third kappa shape index (κ3) is 4.11. The second-order valence-electron chi connectivity index (χ2n) is 5.38. The van der Waals surface area contributed by atoms with Gasteiger partial charge in [-0.1, -0.05) is 18.3 Å². The Morgan fingerprint density at radius 1 is 1.00 bits per heavy atom. The van der Waals surface area contributed by atoms with Gasteiger partial charge in [-0.3, -0.25) is 0 Å². The second-order valence-corrected chi connectivity index (χ2v) is 5.59. The molecule has 0 N–H and O–H groups in total. The van der Waals surface area contributed by atoms with E-state index in [0.717, 1.165) is 18.2 Å². The molecule has 4 nitrogen and oxygen atoms in total. The number of hydrogen-bond donors (Lipinski definition) is 0. The van der Waals surface area contributed by atoms with E-state index in [1.54, 1.807) is 0 Å². The average Bonchev–Trinajstić information content (AvgIpc) is 3.13. The maximum atomic E-state index is 14.4. The summed E-state index contributed by atoms with van der Waals surface area (Å²) in [7, 11) is 0. The fourth-order valence-electron chi connectivity index (χ4n) is 2.28. The SMILES string of the molecule is Fc1ccc(N(C=S)Cc2ccc(-c3nnc(C(F)F)o3)cc2F)cc1F. The lowest BCUT2D eigenvalue weighted by molar-refractivity contribution is 0.116. The molecular weight excluding hydrogens is 389 g/mol. The van der Waals surface area contributed by atoms with Crippen LogP contribution in [0.2, 0.25) is 0 Å². The Balaban J connectivity index is 1.84. The monoisotopic (exact) mass is 399 g/mol. The summed E-state index contributed by atoms with van der Waals surface area (Å²) in [5.74, 6) is -3.87. The van der Waals surface area contributed by atoms with Crippen molar-refractivity contribution >= 4 is 23.4 Å². The number of thiocarbonyl (C=S) groups is 1. The highest BCUT2D eigenvalue weighted by Crippen LogP contribution is 2.26. The fourth-order valence-corrected chi connectivity index (χ4v) is 2.48. The van der Waals surface area contributed by atoms with Gasteiger partial charge >= 0.3 is 6.43 Å². The molecule has 0 aliphatic carbocycles. The molecule has 0 amide bonds. The highest BCUT2D eigenvalue weighted by atomic mass is 32.1. The van der Waals surface area contributed by atoms with Crippen molar-refractivity contribution in [2.75, 3.05) is 4.90 Å². The molecule has 0 saturated heterocycles. The third-order valence-corrected chi connectivity index (χ3v) is 3.88. The van der Waals surface area contributed by atoms with Crippen LogP contribution in [0.25, 0.3) is 11.5 Å². The number of halogens is 5. The van der Waals surface area contributed by atoms with Gasteiger partial charge in [0.15, 0.2) is 11.6 Å². The number of hydrogen-bond acceptors (Lipinski definition) is 4. The highest BCUT2D eigenvalue weighted by molar-refractivity contribution is 7.79. The number of aromatic nitrogens is 2. The van der Waals surface area contributed by atoms with E-state index in [2.05, 4.69) is 10.2 Å². The van der Waals surface area contributed by atoms with Crippen LogP contribution in [0.1, 0.15) is 17.9 Å². The predicted octanol–water partition coefficient (Wildman–Crippen LogP) is 5.06. The first-order chi connectivity index (χ1) is 12.9. The Kier molecular flexibility index (Phi) is 5.45. The van der Waals surface area contributed by atoms with Gasteiger partial charge in [0, 0.05) is 22.9 Å². The first-order valence-corrected chi connectivity index (χ1v) is 7.93. The van der Waals surface area contributed by atoms with Crippen LogP contribution in [0.3, 0.4) is 0 Å². The zero-order valence-electron chi connectivity index (χ0n) is 13.4. The molecule has 140 valence electrons. The Bertz CT molecular complexity index is 979. The van der Waals surface area contributed by atoms with Gasteiger partial charge in [0.1, 0.15) is 5.82 Å². The predicted molar refractivity (Wildman–Crippen MR) is 90.8 cm³/mol. The van der Waals surface area contributed by atoms with E-state index in [0.29, 0.717) is 0 Å². The minimum absolute atomic E-state index is 0.0627. The van der Waals surface area contributed by atoms with Gasteiger partial charge in [-0.25, -0.2) is 13.2 Å². The van der Waals surface area contributed by atoms with Crippen molar-refractivity contribution in [2.24, 2.45) is 0 Å². The van der Waals surface area contributed by atoms with Crippen molar-refractivity contribution in [3.63, 3.8) is 0 Å². The van der Waals surface area contributed by atoms with Crippen LogP contribution in [-0.2, 0) is 6.54 Å². The summed E-state index contributed by atoms with van der Waals surface area (Å²) in [5, 5.41) is 6.63. The second kappa shape index (κ2) is 7.78. The quantitative estimate of drug-likeness (QED) is 0.428. The summed E-state index contributed by atoms with van der Waals surface area (Å²) in [6.07, 6.45) is -2.93. The van der Waals surface area contributed by atoms with E-state index in [1.807, 2.05) is 0 Å². The van der Waals surface area contributed by atoms with E-state index in [4.69, 9.17) is 16.6 Å². The molecule has 0 unspecified atom stereocenters. The van der Waals surface area contributed by atoms with Gasteiger partial charge < -0.3 is 9.32 Å². The maximum Gasteiger partial charge on any atom is 0.314 e. The normalized spacial score (nSPS) is 11.0. The molecule has 3 aromatic rings. The number of rotatable bonds is 6. The van der Waals surface area contributed by atoms with Gasteiger partial charge in [-0.05, 0) is 24.3 Å². The van der Waals surface area contributed by atoms with Crippen LogP contribution in [0.15, 0.2) is 40.8 Å². The Labute approximate surface area is 155 Å². The third-order valence-electron chi connectivity index (χ3n) is 3.63. The van der Waals surface area contributed by atoms with E-state index < -0.39 is 29.8 Å². The molecule has 1 aromatic heterocycles. The minimum Gasteiger partial charge on any atom is -0.415 e. The van der Waals surface area contributed by atoms with Crippen molar-refractivity contribution in [3.05, 3.63) is 65.3 Å². The summed E-state index contributed by atoms with van der Waals surface area (Å²) < 4.78 is 70.6. The summed E-state index contributed by atoms with van der Waals surface area (Å²) >= 11 is 4.86. The zero-order valence-corrected chi connectivity index (χ0v) is 14.2. The molecule has 2 aromatic carbocycles. The zero-order chi connectivity index (χ0) is 19.6. The molecule has 0 spiro atoms. The Hall–Kier alpha value is -2.88. The van der Waals surface area contributed by atoms with E-state index in [1.165, 1.54) is 28.6 Å². The number of benzene rings is 2. The van der Waals surface area contributed by atoms with Crippen LogP contribution >= 0.6 is 12.2 Å². The molecule has 27 heavy (non-hydrogen) atoms. The molecule has 0 aliphatic heterocycles. The van der Waals surface area contributed by atoms with Crippen molar-refractivity contribution in [2.45, 2.75) is 13.0 Å². The maximum absolute atomic E-state index is 14.4. The lowest BCUT2D eigenvalue weighted by Gasteiger charge is -2.20. The summed E-state index contributed by atoms with van der Waals surface area (Å²) in [4.78, 5) is 1.34. The molecule has 0 bridgehead atoms. The smallest absolute Gasteiger partial charge is 0.314 e. The molecular formula is C17H10F5N3OS. The highest BCUT2D eigenvalue weighted by Gasteiger charge is 2.18. The largest absolute Gasteiger partial charge is 0.415 e. The Morgan fingerprint density at radius 2 is 1.78 bits per heavy atom. The van der Waals surface area contributed by atoms with E-state index in [9.17, 15) is 22.0 Å². The molecule has 1 heterocycles. The van der Waals surface area contributed by atoms with Gasteiger partial charge in [-0.15, -0.1) is 10.2 Å². The molecule has 10 heteroatoms. The lowest BCUT2D eigenvalue weighted by Crippen LogP contribution is -2.20. The van der Waals surface area contributed by atoms with Gasteiger partial charge in [-0.2, -0.15) is 8.78 Å². The summed E-state index contributed by atoms with van der Waals surface area (Å²) in [6.45, 7) is -0.0627. The van der Waals surface area contributed by atoms with Crippen LogP contribution in [0, 0.1) is 17.5 Å². The summed E-state index contributed by atoms with van der Waals surface area (Å²) in [5.41, 5.74) is 1.72. The van der Waals surface area contributed by atoms with Gasteiger partial charge in [0.2, 0.25) is 5.89 Å². The molecule has 0 radical (unpaired) electrons. The number of nitrogens with zero attached hydrogens (tertiary/aromatic N) is 3. The van der Waals surface area contributed by atoms with E-state index in [-0.39, 0.29) is 29.2 Å². The van der Waals surface area contributed by atoms with Gasteiger partial charge in [0.25, 0.3) is 5.89 Å². The van der Waals surface area contributed by atoms with Gasteiger partial charge in [0.05, 0.1) is 12.0 Å². The number of alkyl halides is 2. The average molecular weight is 399 g/mol. The Morgan fingerprint density at radius 3 is 2.37 bits per heavy atom. The minimum atomic E-state index is -2.93. The van der Waals surface area contributed by atoms with Crippen molar-refractivity contribution < 1.29 is 26.4 Å². The van der Waals surface area contributed by atoms with Crippen LogP contribution in [0.5, 0.6) is 0 Å². The first-order valence-electron chi connectivity index (χ1n) is 7.46. The first kappa shape index (κ1) is 18.9. The molecule has 0 saturated carbocycles. The van der Waals surface area contributed by atoms with Crippen molar-refractivity contribution in [1.29, 1.82) is 0 Å². The standard InChI is InChI=1S/C17H10F5N3OS/c18-12-4-3-11(6-14(12)20)25(8-27)7-10-2-1-9(5-13(10)19)16-23-24-17(26-16)15(21)22/h1-6,8,15H,7H2. The molecule has 3 rings (SSSR count). The van der Waals surface area contributed by atoms with Crippen LogP contribution < -0.4 is 4.90 Å². The number of anilines is 1. The fraction of sp³-hybridized carbons (Fsp3) is 0.118. The van der Waals surface area contributed by atoms with Crippen molar-refractivity contribution in [3.8, 4) is 11.5 Å². The van der Waals surface area contributed by atoms with Crippen LogP contribution in [0.4, 0.5) is 27.6 Å². The molecule has 0 aliphatic rings. The molecule has 0 atom stereocenters. The lowest BCUT2D eigenvalue weighted by atomic mass is 10.1. The molecule has 0 fully saturated rings. The summed E-state index contributed by atoms with van der Waals surface area (Å²) in [6, 6.07) is 7.01. The van der Waals surface area contributed by atoms with Crippen molar-refractivity contribution in [1.82, 2.24) is 10.2 Å². The topological polar surface area (TPSA) is 42.2 Å².